The first-order chi connectivity index (χ1) is 8.49. The van der Waals surface area contributed by atoms with Crippen LogP contribution in [0.25, 0.3) is 0 Å². The average Bonchev–Trinajstić information content (AvgIpc) is 2.35. The van der Waals surface area contributed by atoms with Crippen LogP contribution in [0.4, 0.5) is 5.69 Å². The summed E-state index contributed by atoms with van der Waals surface area (Å²) in [5.74, 6) is -0.405. The number of nitrogens with zero attached hydrogens (tertiary/aromatic N) is 1. The topological polar surface area (TPSA) is 49.8 Å². The summed E-state index contributed by atoms with van der Waals surface area (Å²) in [4.78, 5) is 13.0. The van der Waals surface area contributed by atoms with Gasteiger partial charge in [-0.05, 0) is 24.6 Å². The van der Waals surface area contributed by atoms with E-state index in [9.17, 15) is 4.79 Å². The van der Waals surface area contributed by atoms with Gasteiger partial charge in [0.15, 0.2) is 0 Å². The average molecular weight is 316 g/mol. The highest BCUT2D eigenvalue weighted by Crippen LogP contribution is 2.31. The Kier molecular flexibility index (Phi) is 5.47. The van der Waals surface area contributed by atoms with E-state index in [1.54, 1.807) is 7.11 Å². The SMILES string of the molecule is CCC(CN(C)c1cc(Br)ccc1OC)C(=O)O. The van der Waals surface area contributed by atoms with E-state index in [2.05, 4.69) is 15.9 Å². The van der Waals surface area contributed by atoms with Crippen LogP contribution in [0.2, 0.25) is 0 Å². The van der Waals surface area contributed by atoms with Crippen molar-refractivity contribution >= 4 is 27.6 Å². The number of halogens is 1. The first-order valence-corrected chi connectivity index (χ1v) is 6.56. The van der Waals surface area contributed by atoms with Crippen LogP contribution < -0.4 is 9.64 Å². The molecular weight excluding hydrogens is 298 g/mol. The van der Waals surface area contributed by atoms with Gasteiger partial charge in [0, 0.05) is 18.1 Å². The maximum atomic E-state index is 11.1. The van der Waals surface area contributed by atoms with Gasteiger partial charge in [0.2, 0.25) is 0 Å². The minimum Gasteiger partial charge on any atom is -0.495 e. The summed E-state index contributed by atoms with van der Waals surface area (Å²) in [5.41, 5.74) is 0.881. The highest BCUT2D eigenvalue weighted by Gasteiger charge is 2.19. The molecular formula is C13H18BrNO3. The van der Waals surface area contributed by atoms with Crippen molar-refractivity contribution in [3.8, 4) is 5.75 Å². The molecule has 0 aliphatic rings. The summed E-state index contributed by atoms with van der Waals surface area (Å²) in [6, 6.07) is 5.68. The van der Waals surface area contributed by atoms with Crippen molar-refractivity contribution in [3.63, 3.8) is 0 Å². The monoisotopic (exact) mass is 315 g/mol. The van der Waals surface area contributed by atoms with Gasteiger partial charge in [-0.15, -0.1) is 0 Å². The van der Waals surface area contributed by atoms with Crippen molar-refractivity contribution in [1.29, 1.82) is 0 Å². The lowest BCUT2D eigenvalue weighted by atomic mass is 10.1. The van der Waals surface area contributed by atoms with Gasteiger partial charge in [-0.3, -0.25) is 4.79 Å². The number of benzene rings is 1. The van der Waals surface area contributed by atoms with Gasteiger partial charge >= 0.3 is 5.97 Å². The molecule has 1 aromatic carbocycles. The predicted octanol–water partition coefficient (Wildman–Crippen LogP) is 3.00. The van der Waals surface area contributed by atoms with Gasteiger partial charge in [0.05, 0.1) is 18.7 Å². The molecule has 1 aromatic rings. The Bertz CT molecular complexity index is 423. The molecule has 0 saturated carbocycles. The van der Waals surface area contributed by atoms with Gasteiger partial charge in [0.1, 0.15) is 5.75 Å². The third kappa shape index (κ3) is 3.63. The Balaban J connectivity index is 2.92. The van der Waals surface area contributed by atoms with Gasteiger partial charge in [-0.2, -0.15) is 0 Å². The van der Waals surface area contributed by atoms with Crippen LogP contribution in [-0.2, 0) is 4.79 Å². The van der Waals surface area contributed by atoms with Crippen LogP contribution in [-0.4, -0.2) is 31.8 Å². The number of rotatable bonds is 6. The molecule has 0 spiro atoms. The third-order valence-corrected chi connectivity index (χ3v) is 3.38. The molecule has 4 nitrogen and oxygen atoms in total. The first kappa shape index (κ1) is 14.8. The number of hydrogen-bond acceptors (Lipinski definition) is 3. The summed E-state index contributed by atoms with van der Waals surface area (Å²) in [6.07, 6.45) is 0.607. The number of aliphatic carboxylic acids is 1. The second-order valence-corrected chi connectivity index (χ2v) is 5.06. The molecule has 0 fully saturated rings. The van der Waals surface area contributed by atoms with E-state index in [-0.39, 0.29) is 5.92 Å². The molecule has 1 unspecified atom stereocenters. The van der Waals surface area contributed by atoms with Crippen molar-refractivity contribution in [2.24, 2.45) is 5.92 Å². The third-order valence-electron chi connectivity index (χ3n) is 2.89. The van der Waals surface area contributed by atoms with Crippen LogP contribution in [0.3, 0.4) is 0 Å². The summed E-state index contributed by atoms with van der Waals surface area (Å²) in [6.45, 7) is 2.34. The molecule has 0 aliphatic carbocycles. The molecule has 0 aromatic heterocycles. The number of carbonyl (C=O) groups is 1. The first-order valence-electron chi connectivity index (χ1n) is 5.77. The Morgan fingerprint density at radius 1 is 1.56 bits per heavy atom. The number of anilines is 1. The van der Waals surface area contributed by atoms with E-state index in [0.29, 0.717) is 13.0 Å². The Hall–Kier alpha value is -1.23. The van der Waals surface area contributed by atoms with Crippen molar-refractivity contribution in [1.82, 2.24) is 0 Å². The number of methoxy groups -OCH3 is 1. The van der Waals surface area contributed by atoms with Gasteiger partial charge in [-0.1, -0.05) is 22.9 Å². The zero-order valence-electron chi connectivity index (χ0n) is 10.8. The number of carboxylic acid groups (broad SMARTS) is 1. The molecule has 1 rings (SSSR count). The Morgan fingerprint density at radius 3 is 2.72 bits per heavy atom. The molecule has 0 saturated heterocycles. The fraction of sp³-hybridized carbons (Fsp3) is 0.462. The Labute approximate surface area is 116 Å². The van der Waals surface area contributed by atoms with E-state index >= 15 is 0 Å². The van der Waals surface area contributed by atoms with Gasteiger partial charge in [0.25, 0.3) is 0 Å². The fourth-order valence-corrected chi connectivity index (χ4v) is 2.12. The number of carboxylic acids is 1. The molecule has 0 amide bonds. The van der Waals surface area contributed by atoms with Crippen LogP contribution in [0.15, 0.2) is 22.7 Å². The Morgan fingerprint density at radius 2 is 2.22 bits per heavy atom. The largest absolute Gasteiger partial charge is 0.495 e. The smallest absolute Gasteiger partial charge is 0.308 e. The highest BCUT2D eigenvalue weighted by atomic mass is 79.9. The van der Waals surface area contributed by atoms with Crippen LogP contribution in [0, 0.1) is 5.92 Å². The summed E-state index contributed by atoms with van der Waals surface area (Å²) >= 11 is 3.41. The zero-order chi connectivity index (χ0) is 13.7. The highest BCUT2D eigenvalue weighted by molar-refractivity contribution is 9.10. The number of hydrogen-bond donors (Lipinski definition) is 1. The van der Waals surface area contributed by atoms with E-state index in [0.717, 1.165) is 15.9 Å². The lowest BCUT2D eigenvalue weighted by Crippen LogP contribution is -2.30. The molecule has 18 heavy (non-hydrogen) atoms. The fourth-order valence-electron chi connectivity index (χ4n) is 1.77. The van der Waals surface area contributed by atoms with E-state index in [1.165, 1.54) is 0 Å². The predicted molar refractivity (Wildman–Crippen MR) is 75.4 cm³/mol. The summed E-state index contributed by atoms with van der Waals surface area (Å²) in [5, 5.41) is 9.08. The maximum Gasteiger partial charge on any atom is 0.308 e. The molecule has 0 bridgehead atoms. The quantitative estimate of drug-likeness (QED) is 0.876. The van der Waals surface area contributed by atoms with E-state index in [1.807, 2.05) is 37.1 Å². The normalized spacial score (nSPS) is 12.0. The molecule has 5 heteroatoms. The van der Waals surface area contributed by atoms with Crippen LogP contribution in [0.5, 0.6) is 5.75 Å². The van der Waals surface area contributed by atoms with Crippen LogP contribution in [0.1, 0.15) is 13.3 Å². The van der Waals surface area contributed by atoms with Crippen molar-refractivity contribution in [2.45, 2.75) is 13.3 Å². The minimum atomic E-state index is -0.765. The minimum absolute atomic E-state index is 0.376. The molecule has 100 valence electrons. The molecule has 0 aliphatic heterocycles. The second-order valence-electron chi connectivity index (χ2n) is 4.14. The summed E-state index contributed by atoms with van der Waals surface area (Å²) < 4.78 is 6.23. The standard InChI is InChI=1S/C13H18BrNO3/c1-4-9(13(16)17)8-15(2)11-7-10(14)5-6-12(11)18-3/h5-7,9H,4,8H2,1-3H3,(H,16,17). The van der Waals surface area contributed by atoms with Crippen molar-refractivity contribution < 1.29 is 14.6 Å². The lowest BCUT2D eigenvalue weighted by Gasteiger charge is -2.24. The lowest BCUT2D eigenvalue weighted by molar-refractivity contribution is -0.141. The van der Waals surface area contributed by atoms with Crippen LogP contribution >= 0.6 is 15.9 Å². The molecule has 0 heterocycles. The molecule has 1 N–H and O–H groups in total. The maximum absolute atomic E-state index is 11.1. The zero-order valence-corrected chi connectivity index (χ0v) is 12.4. The van der Waals surface area contributed by atoms with Gasteiger partial charge in [-0.25, -0.2) is 0 Å². The number of ether oxygens (including phenoxy) is 1. The molecule has 0 radical (unpaired) electrons. The van der Waals surface area contributed by atoms with Gasteiger partial charge < -0.3 is 14.7 Å². The van der Waals surface area contributed by atoms with Crippen molar-refractivity contribution in [2.75, 3.05) is 25.6 Å². The van der Waals surface area contributed by atoms with Crippen molar-refractivity contribution in [3.05, 3.63) is 22.7 Å². The van der Waals surface area contributed by atoms with E-state index in [4.69, 9.17) is 9.84 Å². The molecule has 1 atom stereocenters. The van der Waals surface area contributed by atoms with E-state index < -0.39 is 5.97 Å². The summed E-state index contributed by atoms with van der Waals surface area (Å²) in [7, 11) is 3.48. The second kappa shape index (κ2) is 6.64.